The molecule has 2 N–H and O–H groups in total. The number of carbonyl (C=O) groups excluding carboxylic acids is 2. The predicted molar refractivity (Wildman–Crippen MR) is 138 cm³/mol. The Hall–Kier alpha value is -2.70. The summed E-state index contributed by atoms with van der Waals surface area (Å²) in [6.45, 7) is 14.0. The molecular weight excluding hydrogens is 417 g/mol. The van der Waals surface area contributed by atoms with Crippen LogP contribution >= 0.6 is 7.26 Å². The second-order valence-electron chi connectivity index (χ2n) is 8.87. The zero-order valence-corrected chi connectivity index (χ0v) is 21.3. The van der Waals surface area contributed by atoms with Crippen molar-refractivity contribution in [2.45, 2.75) is 54.1 Å². The molecule has 2 rings (SSSR count). The SMILES string of the molecule is CC[PH](CC)(CC(=O)Nc1c(C)cccc1C)C(C)C(=O)Nc1c(C)cc(C#N)cc1C. The second-order valence-corrected chi connectivity index (χ2v) is 14.2. The van der Waals surface area contributed by atoms with E-state index in [1.54, 1.807) is 12.1 Å². The number of aryl methyl sites for hydroxylation is 4. The quantitative estimate of drug-likeness (QED) is 0.514. The van der Waals surface area contributed by atoms with Crippen molar-refractivity contribution in [3.63, 3.8) is 0 Å². The molecule has 2 aromatic rings. The van der Waals surface area contributed by atoms with Gasteiger partial charge in [0.15, 0.2) is 0 Å². The molecule has 1 atom stereocenters. The maximum absolute atomic E-state index is 13.3. The fraction of sp³-hybridized carbons (Fsp3) is 0.423. The van der Waals surface area contributed by atoms with Gasteiger partial charge in [-0.05, 0) is 0 Å². The first-order valence-electron chi connectivity index (χ1n) is 11.3. The molecule has 0 saturated heterocycles. The summed E-state index contributed by atoms with van der Waals surface area (Å²) in [6, 6.07) is 11.7. The van der Waals surface area contributed by atoms with Gasteiger partial charge in [-0.15, -0.1) is 0 Å². The van der Waals surface area contributed by atoms with Gasteiger partial charge in [0, 0.05) is 0 Å². The van der Waals surface area contributed by atoms with Crippen molar-refractivity contribution in [3.8, 4) is 6.07 Å². The Morgan fingerprint density at radius 1 is 0.938 bits per heavy atom. The summed E-state index contributed by atoms with van der Waals surface area (Å²) in [5, 5.41) is 15.4. The molecule has 2 aromatic carbocycles. The summed E-state index contributed by atoms with van der Waals surface area (Å²) < 4.78 is 0. The van der Waals surface area contributed by atoms with E-state index in [-0.39, 0.29) is 17.5 Å². The zero-order chi connectivity index (χ0) is 24.1. The molecule has 0 fully saturated rings. The third kappa shape index (κ3) is 5.56. The van der Waals surface area contributed by atoms with Gasteiger partial charge in [0.1, 0.15) is 0 Å². The molecule has 2 amide bonds. The van der Waals surface area contributed by atoms with Crippen LogP contribution in [0, 0.1) is 39.0 Å². The summed E-state index contributed by atoms with van der Waals surface area (Å²) in [5.74, 6) is -0.0562. The molecule has 0 aliphatic carbocycles. The summed E-state index contributed by atoms with van der Waals surface area (Å²) in [6.07, 6.45) is 2.11. The van der Waals surface area contributed by atoms with E-state index >= 15 is 0 Å². The minimum absolute atomic E-state index is 0.0110. The number of nitrogens with one attached hydrogen (secondary N) is 2. The van der Waals surface area contributed by atoms with Gasteiger partial charge >= 0.3 is 193 Å². The number of hydrogen-bond donors (Lipinski definition) is 2. The molecule has 0 aliphatic rings. The molecule has 0 radical (unpaired) electrons. The first-order chi connectivity index (χ1) is 15.1. The normalized spacial score (nSPS) is 12.6. The van der Waals surface area contributed by atoms with Crippen LogP contribution in [0.5, 0.6) is 0 Å². The third-order valence-corrected chi connectivity index (χ3v) is 12.8. The summed E-state index contributed by atoms with van der Waals surface area (Å²) in [5.41, 5.74) is 5.80. The molecule has 0 aromatic heterocycles. The Bertz CT molecular complexity index is 1010. The molecule has 0 heterocycles. The number of nitriles is 1. The molecule has 0 bridgehead atoms. The van der Waals surface area contributed by atoms with Crippen LogP contribution in [0.25, 0.3) is 0 Å². The van der Waals surface area contributed by atoms with Gasteiger partial charge in [-0.1, -0.05) is 0 Å². The average Bonchev–Trinajstić information content (AvgIpc) is 2.76. The van der Waals surface area contributed by atoms with E-state index < -0.39 is 7.26 Å². The molecule has 0 aliphatic heterocycles. The van der Waals surface area contributed by atoms with Crippen molar-refractivity contribution in [3.05, 3.63) is 58.1 Å². The number of amides is 2. The zero-order valence-electron chi connectivity index (χ0n) is 20.3. The number of carbonyl (C=O) groups is 2. The second kappa shape index (κ2) is 10.7. The first kappa shape index (κ1) is 25.6. The molecule has 0 saturated carbocycles. The number of para-hydroxylation sites is 1. The fourth-order valence-electron chi connectivity index (χ4n) is 4.52. The van der Waals surface area contributed by atoms with Crippen LogP contribution in [-0.4, -0.2) is 36.0 Å². The monoisotopic (exact) mass is 453 g/mol. The molecule has 5 nitrogen and oxygen atoms in total. The van der Waals surface area contributed by atoms with Crippen molar-refractivity contribution in [1.29, 1.82) is 5.26 Å². The Morgan fingerprint density at radius 3 is 1.91 bits per heavy atom. The molecule has 6 heteroatoms. The average molecular weight is 454 g/mol. The number of nitrogens with zero attached hydrogens (tertiary/aromatic N) is 1. The van der Waals surface area contributed by atoms with Crippen LogP contribution in [0.15, 0.2) is 30.3 Å². The number of anilines is 2. The molecular formula is C26H36N3O2P. The molecule has 1 unspecified atom stereocenters. The summed E-state index contributed by atoms with van der Waals surface area (Å²) >= 11 is 0. The van der Waals surface area contributed by atoms with E-state index in [1.807, 2.05) is 52.8 Å². The Kier molecular flexibility index (Phi) is 8.58. The van der Waals surface area contributed by atoms with E-state index in [0.29, 0.717) is 11.7 Å². The molecule has 172 valence electrons. The van der Waals surface area contributed by atoms with Gasteiger partial charge < -0.3 is 0 Å². The van der Waals surface area contributed by atoms with Crippen LogP contribution in [0.1, 0.15) is 48.6 Å². The van der Waals surface area contributed by atoms with Gasteiger partial charge in [-0.25, -0.2) is 0 Å². The fourth-order valence-corrected chi connectivity index (χ4v) is 8.40. The van der Waals surface area contributed by atoms with E-state index in [4.69, 9.17) is 0 Å². The van der Waals surface area contributed by atoms with E-state index in [2.05, 4.69) is 30.6 Å². The Labute approximate surface area is 192 Å². The van der Waals surface area contributed by atoms with E-state index in [0.717, 1.165) is 46.0 Å². The van der Waals surface area contributed by atoms with Crippen LogP contribution < -0.4 is 10.6 Å². The number of hydrogen-bond acceptors (Lipinski definition) is 3. The van der Waals surface area contributed by atoms with Crippen molar-refractivity contribution >= 4 is 30.5 Å². The van der Waals surface area contributed by atoms with Gasteiger partial charge in [-0.3, -0.25) is 0 Å². The van der Waals surface area contributed by atoms with Gasteiger partial charge in [0.2, 0.25) is 0 Å². The van der Waals surface area contributed by atoms with Crippen LogP contribution in [0.2, 0.25) is 0 Å². The topological polar surface area (TPSA) is 82.0 Å². The number of rotatable bonds is 8. The van der Waals surface area contributed by atoms with Crippen molar-refractivity contribution in [2.24, 2.45) is 0 Å². The first-order valence-corrected chi connectivity index (χ1v) is 14.0. The minimum atomic E-state index is -2.24. The molecule has 0 spiro atoms. The third-order valence-electron chi connectivity index (χ3n) is 6.89. The van der Waals surface area contributed by atoms with E-state index in [9.17, 15) is 14.9 Å². The number of benzene rings is 2. The van der Waals surface area contributed by atoms with Gasteiger partial charge in [0.25, 0.3) is 0 Å². The van der Waals surface area contributed by atoms with Gasteiger partial charge in [-0.2, -0.15) is 0 Å². The molecule has 32 heavy (non-hydrogen) atoms. The van der Waals surface area contributed by atoms with Crippen LogP contribution in [0.4, 0.5) is 11.4 Å². The predicted octanol–water partition coefficient (Wildman–Crippen LogP) is 5.55. The van der Waals surface area contributed by atoms with Crippen LogP contribution in [-0.2, 0) is 9.59 Å². The Morgan fingerprint density at radius 2 is 1.44 bits per heavy atom. The maximum atomic E-state index is 13.3. The van der Waals surface area contributed by atoms with Crippen molar-refractivity contribution < 1.29 is 9.59 Å². The van der Waals surface area contributed by atoms with Gasteiger partial charge in [0.05, 0.1) is 0 Å². The van der Waals surface area contributed by atoms with Crippen molar-refractivity contribution in [2.75, 3.05) is 29.1 Å². The van der Waals surface area contributed by atoms with Crippen LogP contribution in [0.3, 0.4) is 0 Å². The Balaban J connectivity index is 2.23. The van der Waals surface area contributed by atoms with Crippen molar-refractivity contribution in [1.82, 2.24) is 0 Å². The standard InChI is InChI=1S/C26H36N3O2P/c1-8-32(9-2,16-23(30)28-24-17(3)11-10-12-18(24)4)21(7)26(31)29-25-19(5)13-22(15-27)14-20(25)6/h10-14,21,32H,8-9,16H2,1-7H3,(H,28,30)(H,29,31). The summed E-state index contributed by atoms with van der Waals surface area (Å²) in [4.78, 5) is 26.4. The van der Waals surface area contributed by atoms with E-state index in [1.165, 1.54) is 0 Å². The summed E-state index contributed by atoms with van der Waals surface area (Å²) in [7, 11) is -2.24.